The molecule has 1 amide bonds. The van der Waals surface area contributed by atoms with Crippen LogP contribution in [0, 0.1) is 0 Å². The van der Waals surface area contributed by atoms with Crippen molar-refractivity contribution in [3.05, 3.63) is 52.2 Å². The Kier molecular flexibility index (Phi) is 4.44. The summed E-state index contributed by atoms with van der Waals surface area (Å²) in [5.41, 5.74) is 0.710. The lowest BCUT2D eigenvalue weighted by molar-refractivity contribution is 0.0797. The third-order valence-corrected chi connectivity index (χ3v) is 3.97. The van der Waals surface area contributed by atoms with Gasteiger partial charge in [0.1, 0.15) is 0 Å². The minimum atomic E-state index is 0.0555. The molecule has 2 aromatic rings. The maximum absolute atomic E-state index is 12.1. The van der Waals surface area contributed by atoms with Gasteiger partial charge >= 0.3 is 0 Å². The Balaban J connectivity index is 1.94. The molecule has 94 valence electrons. The van der Waals surface area contributed by atoms with E-state index in [0.717, 1.165) is 17.9 Å². The van der Waals surface area contributed by atoms with Crippen molar-refractivity contribution in [1.82, 2.24) is 4.90 Å². The molecule has 0 fully saturated rings. The highest BCUT2D eigenvalue weighted by atomic mass is 32.1. The molecule has 18 heavy (non-hydrogen) atoms. The number of nitrogens with zero attached hydrogens (tertiary/aromatic N) is 1. The van der Waals surface area contributed by atoms with E-state index in [1.807, 2.05) is 37.4 Å². The maximum Gasteiger partial charge on any atom is 0.253 e. The highest BCUT2D eigenvalue weighted by molar-refractivity contribution is 7.80. The number of benzene rings is 1. The Bertz CT molecular complexity index is 505. The highest BCUT2D eigenvalue weighted by Gasteiger charge is 2.11. The molecular weight excluding hydrogens is 262 g/mol. The predicted molar refractivity (Wildman–Crippen MR) is 78.7 cm³/mol. The Hall–Kier alpha value is -1.26. The molecule has 0 radical (unpaired) electrons. The summed E-state index contributed by atoms with van der Waals surface area (Å²) < 4.78 is 0. The van der Waals surface area contributed by atoms with Crippen molar-refractivity contribution in [3.8, 4) is 0 Å². The van der Waals surface area contributed by atoms with Crippen LogP contribution in [0.15, 0.2) is 46.7 Å². The van der Waals surface area contributed by atoms with Gasteiger partial charge in [-0.2, -0.15) is 0 Å². The molecule has 0 saturated heterocycles. The lowest BCUT2D eigenvalue weighted by atomic mass is 10.2. The van der Waals surface area contributed by atoms with E-state index in [4.69, 9.17) is 0 Å². The minimum Gasteiger partial charge on any atom is -0.341 e. The first-order valence-electron chi connectivity index (χ1n) is 5.73. The number of hydrogen-bond acceptors (Lipinski definition) is 3. The number of carbonyl (C=O) groups is 1. The highest BCUT2D eigenvalue weighted by Crippen LogP contribution is 2.12. The standard InChI is InChI=1S/C14H15NOS2/c1-15(9-8-13-3-2-10-18-13)14(16)11-4-6-12(17)7-5-11/h2-7,10,17H,8-9H2,1H3. The van der Waals surface area contributed by atoms with Crippen LogP contribution >= 0.6 is 24.0 Å². The summed E-state index contributed by atoms with van der Waals surface area (Å²) in [6.07, 6.45) is 0.907. The van der Waals surface area contributed by atoms with E-state index in [2.05, 4.69) is 24.1 Å². The molecule has 0 saturated carbocycles. The summed E-state index contributed by atoms with van der Waals surface area (Å²) in [4.78, 5) is 16.1. The molecular formula is C14H15NOS2. The third-order valence-electron chi connectivity index (χ3n) is 2.73. The van der Waals surface area contributed by atoms with E-state index < -0.39 is 0 Å². The van der Waals surface area contributed by atoms with Gasteiger partial charge in [0.2, 0.25) is 0 Å². The van der Waals surface area contributed by atoms with Crippen molar-refractivity contribution in [2.24, 2.45) is 0 Å². The van der Waals surface area contributed by atoms with Gasteiger partial charge in [-0.05, 0) is 42.1 Å². The van der Waals surface area contributed by atoms with E-state index in [0.29, 0.717) is 5.56 Å². The fourth-order valence-electron chi connectivity index (χ4n) is 1.66. The lowest BCUT2D eigenvalue weighted by Gasteiger charge is -2.16. The topological polar surface area (TPSA) is 20.3 Å². The average Bonchev–Trinajstić information content (AvgIpc) is 2.89. The van der Waals surface area contributed by atoms with E-state index >= 15 is 0 Å². The van der Waals surface area contributed by atoms with Gasteiger partial charge in [-0.25, -0.2) is 0 Å². The van der Waals surface area contributed by atoms with Gasteiger partial charge < -0.3 is 4.90 Å². The summed E-state index contributed by atoms with van der Waals surface area (Å²) >= 11 is 5.94. The number of rotatable bonds is 4. The molecule has 4 heteroatoms. The fourth-order valence-corrected chi connectivity index (χ4v) is 2.51. The van der Waals surface area contributed by atoms with Gasteiger partial charge in [-0.15, -0.1) is 24.0 Å². The lowest BCUT2D eigenvalue weighted by Crippen LogP contribution is -2.28. The van der Waals surface area contributed by atoms with Crippen LogP contribution in [-0.4, -0.2) is 24.4 Å². The number of thiophene rings is 1. The molecule has 2 nitrogen and oxygen atoms in total. The van der Waals surface area contributed by atoms with Crippen LogP contribution in [-0.2, 0) is 6.42 Å². The van der Waals surface area contributed by atoms with Crippen LogP contribution in [0.4, 0.5) is 0 Å². The van der Waals surface area contributed by atoms with Crippen LogP contribution in [0.3, 0.4) is 0 Å². The van der Waals surface area contributed by atoms with Gasteiger partial charge in [0.15, 0.2) is 0 Å². The van der Waals surface area contributed by atoms with Crippen molar-refractivity contribution >= 4 is 29.9 Å². The zero-order valence-electron chi connectivity index (χ0n) is 10.2. The monoisotopic (exact) mass is 277 g/mol. The Morgan fingerprint density at radius 2 is 2.00 bits per heavy atom. The van der Waals surface area contributed by atoms with Crippen molar-refractivity contribution < 1.29 is 4.79 Å². The second-order valence-electron chi connectivity index (χ2n) is 4.10. The van der Waals surface area contributed by atoms with Crippen molar-refractivity contribution in [2.45, 2.75) is 11.3 Å². The molecule has 0 aliphatic rings. The average molecular weight is 277 g/mol. The summed E-state index contributed by atoms with van der Waals surface area (Å²) in [6, 6.07) is 11.4. The quantitative estimate of drug-likeness (QED) is 0.850. The molecule has 1 aromatic carbocycles. The van der Waals surface area contributed by atoms with Gasteiger partial charge in [0.25, 0.3) is 5.91 Å². The van der Waals surface area contributed by atoms with Crippen LogP contribution in [0.25, 0.3) is 0 Å². The van der Waals surface area contributed by atoms with Crippen molar-refractivity contribution in [2.75, 3.05) is 13.6 Å². The van der Waals surface area contributed by atoms with E-state index in [9.17, 15) is 4.79 Å². The van der Waals surface area contributed by atoms with Crippen LogP contribution in [0.1, 0.15) is 15.2 Å². The molecule has 0 bridgehead atoms. The van der Waals surface area contributed by atoms with Gasteiger partial charge in [-0.1, -0.05) is 6.07 Å². The number of likely N-dealkylation sites (N-methyl/N-ethyl adjacent to an activating group) is 1. The van der Waals surface area contributed by atoms with E-state index in [1.54, 1.807) is 16.2 Å². The second-order valence-corrected chi connectivity index (χ2v) is 5.65. The first kappa shape index (κ1) is 13.2. The van der Waals surface area contributed by atoms with Gasteiger partial charge in [0.05, 0.1) is 0 Å². The van der Waals surface area contributed by atoms with Crippen molar-refractivity contribution in [3.63, 3.8) is 0 Å². The first-order valence-corrected chi connectivity index (χ1v) is 7.06. The summed E-state index contributed by atoms with van der Waals surface area (Å²) in [7, 11) is 1.84. The number of amides is 1. The van der Waals surface area contributed by atoms with E-state index in [-0.39, 0.29) is 5.91 Å². The molecule has 0 atom stereocenters. The van der Waals surface area contributed by atoms with Gasteiger partial charge in [0, 0.05) is 28.9 Å². The maximum atomic E-state index is 12.1. The zero-order valence-corrected chi connectivity index (χ0v) is 11.9. The summed E-state index contributed by atoms with van der Waals surface area (Å²) in [5, 5.41) is 2.06. The van der Waals surface area contributed by atoms with Gasteiger partial charge in [-0.3, -0.25) is 4.79 Å². The SMILES string of the molecule is CN(CCc1cccs1)C(=O)c1ccc(S)cc1. The molecule has 0 aliphatic heterocycles. The minimum absolute atomic E-state index is 0.0555. The Labute approximate surface area is 117 Å². The molecule has 0 aliphatic carbocycles. The van der Waals surface area contributed by atoms with Crippen LogP contribution in [0.2, 0.25) is 0 Å². The van der Waals surface area contributed by atoms with Crippen LogP contribution in [0.5, 0.6) is 0 Å². The second kappa shape index (κ2) is 6.07. The Morgan fingerprint density at radius 3 is 2.61 bits per heavy atom. The molecule has 1 heterocycles. The molecule has 0 spiro atoms. The van der Waals surface area contributed by atoms with E-state index in [1.165, 1.54) is 4.88 Å². The first-order chi connectivity index (χ1) is 8.66. The van der Waals surface area contributed by atoms with Crippen LogP contribution < -0.4 is 0 Å². The number of carbonyl (C=O) groups excluding carboxylic acids is 1. The fraction of sp³-hybridized carbons (Fsp3) is 0.214. The Morgan fingerprint density at radius 1 is 1.28 bits per heavy atom. The third kappa shape index (κ3) is 3.37. The molecule has 1 aromatic heterocycles. The summed E-state index contributed by atoms with van der Waals surface area (Å²) in [6.45, 7) is 0.738. The molecule has 0 N–H and O–H groups in total. The molecule has 2 rings (SSSR count). The number of thiol groups is 1. The largest absolute Gasteiger partial charge is 0.341 e. The normalized spacial score (nSPS) is 10.3. The molecule has 0 unspecified atom stereocenters. The summed E-state index contributed by atoms with van der Waals surface area (Å²) in [5.74, 6) is 0.0555. The predicted octanol–water partition coefficient (Wildman–Crippen LogP) is 3.35. The van der Waals surface area contributed by atoms with Crippen molar-refractivity contribution in [1.29, 1.82) is 0 Å². The number of hydrogen-bond donors (Lipinski definition) is 1. The zero-order chi connectivity index (χ0) is 13.0. The smallest absolute Gasteiger partial charge is 0.253 e.